The molecule has 2 nitrogen and oxygen atoms in total. The second-order valence-electron chi connectivity index (χ2n) is 5.10. The van der Waals surface area contributed by atoms with Crippen molar-refractivity contribution in [3.8, 4) is 11.5 Å². The van der Waals surface area contributed by atoms with Gasteiger partial charge in [-0.15, -0.1) is 11.6 Å². The van der Waals surface area contributed by atoms with Crippen LogP contribution in [0.1, 0.15) is 24.3 Å². The van der Waals surface area contributed by atoms with Crippen molar-refractivity contribution in [1.29, 1.82) is 0 Å². The average Bonchev–Trinajstić information content (AvgIpc) is 2.55. The number of benzene rings is 2. The minimum Gasteiger partial charge on any atom is -0.497 e. The lowest BCUT2D eigenvalue weighted by Gasteiger charge is -2.18. The molecule has 3 heteroatoms. The number of hydrogen-bond donors (Lipinski definition) is 0. The molecule has 0 aliphatic heterocycles. The van der Waals surface area contributed by atoms with Crippen molar-refractivity contribution in [2.24, 2.45) is 5.92 Å². The van der Waals surface area contributed by atoms with E-state index in [9.17, 15) is 0 Å². The van der Waals surface area contributed by atoms with Gasteiger partial charge in [0.15, 0.2) is 0 Å². The Morgan fingerprint density at radius 3 is 2.19 bits per heavy atom. The highest BCUT2D eigenvalue weighted by Gasteiger charge is 2.16. The summed E-state index contributed by atoms with van der Waals surface area (Å²) in [5.41, 5.74) is 1.16. The van der Waals surface area contributed by atoms with Crippen molar-refractivity contribution in [3.63, 3.8) is 0 Å². The van der Waals surface area contributed by atoms with Gasteiger partial charge in [-0.05, 0) is 42.2 Å². The quantitative estimate of drug-likeness (QED) is 0.664. The van der Waals surface area contributed by atoms with E-state index in [1.54, 1.807) is 7.11 Å². The number of alkyl halides is 1. The molecule has 0 fully saturated rings. The SMILES string of the molecule is COc1ccc(OCCC(C)C(Cl)c2ccccc2)cc1. The molecule has 2 unspecified atom stereocenters. The number of hydrogen-bond acceptors (Lipinski definition) is 2. The highest BCUT2D eigenvalue weighted by molar-refractivity contribution is 6.20. The van der Waals surface area contributed by atoms with Crippen LogP contribution < -0.4 is 9.47 Å². The summed E-state index contributed by atoms with van der Waals surface area (Å²) in [4.78, 5) is 0. The van der Waals surface area contributed by atoms with Gasteiger partial charge in [-0.2, -0.15) is 0 Å². The van der Waals surface area contributed by atoms with Gasteiger partial charge in [0.2, 0.25) is 0 Å². The Kier molecular flexibility index (Phi) is 5.94. The third kappa shape index (κ3) is 4.68. The predicted octanol–water partition coefficient (Wildman–Crippen LogP) is 5.08. The van der Waals surface area contributed by atoms with Gasteiger partial charge in [0.05, 0.1) is 19.1 Å². The summed E-state index contributed by atoms with van der Waals surface area (Å²) in [5.74, 6) is 2.04. The molecule has 0 aliphatic carbocycles. The summed E-state index contributed by atoms with van der Waals surface area (Å²) < 4.78 is 10.9. The van der Waals surface area contributed by atoms with Crippen molar-refractivity contribution in [2.45, 2.75) is 18.7 Å². The predicted molar refractivity (Wildman–Crippen MR) is 87.3 cm³/mol. The Hall–Kier alpha value is -1.67. The molecule has 2 aromatic carbocycles. The van der Waals surface area contributed by atoms with Gasteiger partial charge in [0.1, 0.15) is 11.5 Å². The van der Waals surface area contributed by atoms with Crippen molar-refractivity contribution >= 4 is 11.6 Å². The van der Waals surface area contributed by atoms with Gasteiger partial charge in [-0.3, -0.25) is 0 Å². The molecule has 0 saturated heterocycles. The van der Waals surface area contributed by atoms with Crippen LogP contribution in [0.2, 0.25) is 0 Å². The van der Waals surface area contributed by atoms with Crippen molar-refractivity contribution in [2.75, 3.05) is 13.7 Å². The van der Waals surface area contributed by atoms with E-state index in [-0.39, 0.29) is 5.38 Å². The molecule has 112 valence electrons. The van der Waals surface area contributed by atoms with E-state index in [1.165, 1.54) is 0 Å². The fourth-order valence-electron chi connectivity index (χ4n) is 2.15. The number of rotatable bonds is 7. The molecular weight excluding hydrogens is 284 g/mol. The second kappa shape index (κ2) is 7.94. The van der Waals surface area contributed by atoms with Gasteiger partial charge in [0, 0.05) is 0 Å². The Bertz CT molecular complexity index is 525. The van der Waals surface area contributed by atoms with E-state index in [1.807, 2.05) is 42.5 Å². The lowest BCUT2D eigenvalue weighted by Crippen LogP contribution is -2.09. The van der Waals surface area contributed by atoms with Crippen LogP contribution in [0, 0.1) is 5.92 Å². The third-order valence-electron chi connectivity index (χ3n) is 3.52. The van der Waals surface area contributed by atoms with Gasteiger partial charge in [-0.25, -0.2) is 0 Å². The largest absolute Gasteiger partial charge is 0.497 e. The highest BCUT2D eigenvalue weighted by Crippen LogP contribution is 2.30. The van der Waals surface area contributed by atoms with Crippen LogP contribution in [0.4, 0.5) is 0 Å². The zero-order chi connectivity index (χ0) is 15.1. The van der Waals surface area contributed by atoms with Crippen molar-refractivity contribution in [1.82, 2.24) is 0 Å². The Balaban J connectivity index is 1.79. The molecule has 0 spiro atoms. The average molecular weight is 305 g/mol. The van der Waals surface area contributed by atoms with E-state index >= 15 is 0 Å². The lowest BCUT2D eigenvalue weighted by atomic mass is 9.98. The van der Waals surface area contributed by atoms with Gasteiger partial charge >= 0.3 is 0 Å². The number of methoxy groups -OCH3 is 1. The zero-order valence-corrected chi connectivity index (χ0v) is 13.2. The maximum atomic E-state index is 6.51. The molecule has 0 heterocycles. The molecule has 2 aromatic rings. The topological polar surface area (TPSA) is 18.5 Å². The monoisotopic (exact) mass is 304 g/mol. The molecule has 0 saturated carbocycles. The van der Waals surface area contributed by atoms with Gasteiger partial charge < -0.3 is 9.47 Å². The van der Waals surface area contributed by atoms with E-state index in [0.29, 0.717) is 12.5 Å². The van der Waals surface area contributed by atoms with Gasteiger partial charge in [-0.1, -0.05) is 37.3 Å². The normalized spacial score (nSPS) is 13.5. The maximum absolute atomic E-state index is 6.51. The molecule has 0 amide bonds. The Morgan fingerprint density at radius 2 is 1.57 bits per heavy atom. The Morgan fingerprint density at radius 1 is 0.952 bits per heavy atom. The van der Waals surface area contributed by atoms with Crippen LogP contribution in [0.3, 0.4) is 0 Å². The molecule has 21 heavy (non-hydrogen) atoms. The molecule has 2 rings (SSSR count). The molecular formula is C18H21ClO2. The van der Waals surface area contributed by atoms with Crippen LogP contribution in [0.5, 0.6) is 11.5 Å². The fraction of sp³-hybridized carbons (Fsp3) is 0.333. The van der Waals surface area contributed by atoms with E-state index in [4.69, 9.17) is 21.1 Å². The van der Waals surface area contributed by atoms with Gasteiger partial charge in [0.25, 0.3) is 0 Å². The first-order chi connectivity index (χ1) is 10.2. The Labute approximate surface area is 131 Å². The van der Waals surface area contributed by atoms with Crippen LogP contribution in [0.15, 0.2) is 54.6 Å². The maximum Gasteiger partial charge on any atom is 0.119 e. The van der Waals surface area contributed by atoms with E-state index in [0.717, 1.165) is 23.5 Å². The van der Waals surface area contributed by atoms with E-state index in [2.05, 4.69) is 19.1 Å². The van der Waals surface area contributed by atoms with Crippen LogP contribution in [-0.4, -0.2) is 13.7 Å². The lowest BCUT2D eigenvalue weighted by molar-refractivity contribution is 0.281. The molecule has 0 aromatic heterocycles. The van der Waals surface area contributed by atoms with Crippen LogP contribution in [-0.2, 0) is 0 Å². The first kappa shape index (κ1) is 15.7. The second-order valence-corrected chi connectivity index (χ2v) is 5.57. The first-order valence-electron chi connectivity index (χ1n) is 7.16. The summed E-state index contributed by atoms with van der Waals surface area (Å²) in [6.07, 6.45) is 0.912. The van der Waals surface area contributed by atoms with Crippen molar-refractivity contribution < 1.29 is 9.47 Å². The van der Waals surface area contributed by atoms with Crippen molar-refractivity contribution in [3.05, 3.63) is 60.2 Å². The van der Waals surface area contributed by atoms with Crippen LogP contribution >= 0.6 is 11.6 Å². The summed E-state index contributed by atoms with van der Waals surface area (Å²) in [5, 5.41) is 0.0191. The molecule has 0 aliphatic rings. The zero-order valence-electron chi connectivity index (χ0n) is 12.5. The molecule has 2 atom stereocenters. The standard InChI is InChI=1S/C18H21ClO2/c1-14(18(19)15-6-4-3-5-7-15)12-13-21-17-10-8-16(20-2)9-11-17/h3-11,14,18H,12-13H2,1-2H3. The minimum absolute atomic E-state index is 0.0191. The smallest absolute Gasteiger partial charge is 0.119 e. The summed E-state index contributed by atoms with van der Waals surface area (Å²) in [6, 6.07) is 17.8. The third-order valence-corrected chi connectivity index (χ3v) is 4.20. The fourth-order valence-corrected chi connectivity index (χ4v) is 2.42. The molecule has 0 bridgehead atoms. The number of ether oxygens (including phenoxy) is 2. The summed E-state index contributed by atoms with van der Waals surface area (Å²) in [7, 11) is 1.65. The van der Waals surface area contributed by atoms with E-state index < -0.39 is 0 Å². The molecule has 0 radical (unpaired) electrons. The summed E-state index contributed by atoms with van der Waals surface area (Å²) >= 11 is 6.51. The highest BCUT2D eigenvalue weighted by atomic mass is 35.5. The van der Waals surface area contributed by atoms with Crippen LogP contribution in [0.25, 0.3) is 0 Å². The summed E-state index contributed by atoms with van der Waals surface area (Å²) in [6.45, 7) is 2.81. The minimum atomic E-state index is 0.0191. The first-order valence-corrected chi connectivity index (χ1v) is 7.60. The number of halogens is 1. The molecule has 0 N–H and O–H groups in total.